The molecule has 0 aliphatic rings. The van der Waals surface area contributed by atoms with Gasteiger partial charge >= 0.3 is 5.97 Å². The molecule has 3 heteroatoms. The number of carbonyl (C=O) groups is 1. The maximum absolute atomic E-state index is 11.2. The van der Waals surface area contributed by atoms with Gasteiger partial charge in [-0.1, -0.05) is 0 Å². The number of rotatable bonds is 1. The normalized spacial score (nSPS) is 10.9. The molecule has 94 valence electrons. The van der Waals surface area contributed by atoms with Crippen LogP contribution in [0.1, 0.15) is 32.6 Å². The summed E-state index contributed by atoms with van der Waals surface area (Å²) in [6.07, 6.45) is 0. The van der Waals surface area contributed by atoms with Crippen LogP contribution in [0.2, 0.25) is 0 Å². The molecule has 0 saturated carbocycles. The predicted molar refractivity (Wildman–Crippen MR) is 71.5 cm³/mol. The second kappa shape index (κ2) is 4.02. The number of hydrogen-bond acceptors (Lipinski definition) is 2. The highest BCUT2D eigenvalue weighted by atomic mass is 16.4. The monoisotopic (exact) mass is 244 g/mol. The van der Waals surface area contributed by atoms with Gasteiger partial charge in [0, 0.05) is 0 Å². The minimum Gasteiger partial charge on any atom is -0.507 e. The number of fused-ring (bicyclic) bond motifs is 1. The molecule has 0 atom stereocenters. The van der Waals surface area contributed by atoms with E-state index in [0.29, 0.717) is 5.56 Å². The summed E-state index contributed by atoms with van der Waals surface area (Å²) >= 11 is 0. The fourth-order valence-electron chi connectivity index (χ4n) is 2.49. The highest BCUT2D eigenvalue weighted by Crippen LogP contribution is 2.34. The fraction of sp³-hybridized carbons (Fsp3) is 0.267. The largest absolute Gasteiger partial charge is 0.507 e. The molecule has 3 nitrogen and oxygen atoms in total. The highest BCUT2D eigenvalue weighted by molar-refractivity contribution is 6.00. The summed E-state index contributed by atoms with van der Waals surface area (Å²) in [5, 5.41) is 21.0. The molecule has 0 aliphatic heterocycles. The summed E-state index contributed by atoms with van der Waals surface area (Å²) in [4.78, 5) is 11.2. The Balaban J connectivity index is 3.00. The number of phenolic OH excluding ortho intramolecular Hbond substituents is 1. The maximum Gasteiger partial charge on any atom is 0.335 e. The van der Waals surface area contributed by atoms with Crippen molar-refractivity contribution >= 4 is 16.7 Å². The first-order chi connectivity index (χ1) is 8.34. The van der Waals surface area contributed by atoms with Crippen molar-refractivity contribution in [2.75, 3.05) is 0 Å². The van der Waals surface area contributed by atoms with Gasteiger partial charge in [0.1, 0.15) is 5.75 Å². The molecule has 0 aromatic heterocycles. The van der Waals surface area contributed by atoms with Crippen molar-refractivity contribution in [3.05, 3.63) is 39.9 Å². The van der Waals surface area contributed by atoms with Crippen LogP contribution in [0, 0.1) is 27.7 Å². The topological polar surface area (TPSA) is 57.5 Å². The van der Waals surface area contributed by atoms with E-state index in [9.17, 15) is 15.0 Å². The van der Waals surface area contributed by atoms with E-state index in [4.69, 9.17) is 0 Å². The molecule has 0 unspecified atom stereocenters. The number of benzene rings is 2. The summed E-state index contributed by atoms with van der Waals surface area (Å²) in [6.45, 7) is 7.37. The van der Waals surface area contributed by atoms with Crippen LogP contribution >= 0.6 is 0 Å². The quantitative estimate of drug-likeness (QED) is 0.807. The van der Waals surface area contributed by atoms with Crippen LogP contribution < -0.4 is 0 Å². The lowest BCUT2D eigenvalue weighted by Gasteiger charge is -2.14. The van der Waals surface area contributed by atoms with Gasteiger partial charge in [-0.2, -0.15) is 0 Å². The molecule has 2 aromatic carbocycles. The number of hydrogen-bond donors (Lipinski definition) is 2. The van der Waals surface area contributed by atoms with Crippen LogP contribution in [-0.4, -0.2) is 16.2 Å². The molecule has 0 spiro atoms. The van der Waals surface area contributed by atoms with Crippen LogP contribution in [0.5, 0.6) is 5.75 Å². The van der Waals surface area contributed by atoms with Crippen molar-refractivity contribution in [2.24, 2.45) is 0 Å². The summed E-state index contributed by atoms with van der Waals surface area (Å²) in [6, 6.07) is 3.51. The first-order valence-electron chi connectivity index (χ1n) is 5.81. The van der Waals surface area contributed by atoms with Crippen LogP contribution in [0.4, 0.5) is 0 Å². The fourth-order valence-corrected chi connectivity index (χ4v) is 2.49. The molecule has 0 heterocycles. The molecule has 2 aromatic rings. The Morgan fingerprint density at radius 1 is 1.00 bits per heavy atom. The molecule has 2 N–H and O–H groups in total. The Morgan fingerprint density at radius 2 is 1.61 bits per heavy atom. The molecule has 0 aliphatic carbocycles. The summed E-state index contributed by atoms with van der Waals surface area (Å²) < 4.78 is 0. The van der Waals surface area contributed by atoms with Crippen LogP contribution in [0.25, 0.3) is 10.8 Å². The smallest absolute Gasteiger partial charge is 0.335 e. The number of carboxylic acids is 1. The summed E-state index contributed by atoms with van der Waals surface area (Å²) in [5.74, 6) is -0.631. The van der Waals surface area contributed by atoms with Crippen molar-refractivity contribution in [1.82, 2.24) is 0 Å². The van der Waals surface area contributed by atoms with Crippen molar-refractivity contribution in [1.29, 1.82) is 0 Å². The van der Waals surface area contributed by atoms with E-state index in [1.54, 1.807) is 13.0 Å². The lowest BCUT2D eigenvalue weighted by molar-refractivity contribution is 0.0696. The lowest BCUT2D eigenvalue weighted by atomic mass is 9.91. The zero-order chi connectivity index (χ0) is 13.6. The minimum absolute atomic E-state index is 0.285. The maximum atomic E-state index is 11.2. The van der Waals surface area contributed by atoms with Crippen LogP contribution in [0.15, 0.2) is 12.1 Å². The third kappa shape index (κ3) is 1.63. The van der Waals surface area contributed by atoms with Gasteiger partial charge in [0.25, 0.3) is 0 Å². The Hall–Kier alpha value is -2.03. The molecular weight excluding hydrogens is 228 g/mol. The number of carboxylic acid groups (broad SMARTS) is 1. The van der Waals surface area contributed by atoms with Gasteiger partial charge in [-0.25, -0.2) is 4.79 Å². The van der Waals surface area contributed by atoms with E-state index >= 15 is 0 Å². The standard InChI is InChI=1S/C15H16O3/c1-7-5-11-6-12(15(17)18)8(2)9(3)13(11)10(4)14(7)16/h5-6,16H,1-4H3,(H,17,18). The SMILES string of the molecule is Cc1cc2cc(C(=O)O)c(C)c(C)c2c(C)c1O. The zero-order valence-electron chi connectivity index (χ0n) is 11.0. The van der Waals surface area contributed by atoms with E-state index in [0.717, 1.165) is 33.0 Å². The molecular formula is C15H16O3. The highest BCUT2D eigenvalue weighted by Gasteiger charge is 2.15. The third-order valence-corrected chi connectivity index (χ3v) is 3.64. The predicted octanol–water partition coefficient (Wildman–Crippen LogP) is 3.48. The van der Waals surface area contributed by atoms with E-state index in [2.05, 4.69) is 0 Å². The van der Waals surface area contributed by atoms with Crippen LogP contribution in [0.3, 0.4) is 0 Å². The Labute approximate surface area is 106 Å². The van der Waals surface area contributed by atoms with Gasteiger partial charge < -0.3 is 10.2 Å². The van der Waals surface area contributed by atoms with Gasteiger partial charge in [0.2, 0.25) is 0 Å². The summed E-state index contributed by atoms with van der Waals surface area (Å²) in [5.41, 5.74) is 3.56. The van der Waals surface area contributed by atoms with E-state index < -0.39 is 5.97 Å². The minimum atomic E-state index is -0.916. The van der Waals surface area contributed by atoms with Gasteiger partial charge in [-0.3, -0.25) is 0 Å². The van der Waals surface area contributed by atoms with Gasteiger partial charge in [-0.15, -0.1) is 0 Å². The second-order valence-corrected chi connectivity index (χ2v) is 4.74. The van der Waals surface area contributed by atoms with E-state index in [-0.39, 0.29) is 5.75 Å². The zero-order valence-corrected chi connectivity index (χ0v) is 11.0. The molecule has 0 radical (unpaired) electrons. The van der Waals surface area contributed by atoms with E-state index in [1.807, 2.05) is 26.8 Å². The first-order valence-corrected chi connectivity index (χ1v) is 5.81. The van der Waals surface area contributed by atoms with Crippen molar-refractivity contribution in [2.45, 2.75) is 27.7 Å². The Kier molecular flexibility index (Phi) is 2.77. The average molecular weight is 244 g/mol. The number of aromatic carboxylic acids is 1. The first kappa shape index (κ1) is 12.4. The molecule has 18 heavy (non-hydrogen) atoms. The van der Waals surface area contributed by atoms with Crippen molar-refractivity contribution in [3.8, 4) is 5.75 Å². The van der Waals surface area contributed by atoms with E-state index in [1.165, 1.54) is 0 Å². The van der Waals surface area contributed by atoms with Crippen molar-refractivity contribution in [3.63, 3.8) is 0 Å². The molecule has 0 saturated heterocycles. The third-order valence-electron chi connectivity index (χ3n) is 3.64. The summed E-state index contributed by atoms with van der Waals surface area (Å²) in [7, 11) is 0. The number of phenols is 1. The molecule has 0 fully saturated rings. The molecule has 0 bridgehead atoms. The van der Waals surface area contributed by atoms with Crippen LogP contribution in [-0.2, 0) is 0 Å². The van der Waals surface area contributed by atoms with Gasteiger partial charge in [0.05, 0.1) is 5.56 Å². The molecule has 2 rings (SSSR count). The Bertz CT molecular complexity index is 669. The number of aromatic hydroxyl groups is 1. The Morgan fingerprint density at radius 3 is 2.17 bits per heavy atom. The number of aryl methyl sites for hydroxylation is 3. The van der Waals surface area contributed by atoms with Gasteiger partial charge in [0.15, 0.2) is 0 Å². The average Bonchev–Trinajstić information content (AvgIpc) is 2.30. The molecule has 0 amide bonds. The van der Waals surface area contributed by atoms with Crippen molar-refractivity contribution < 1.29 is 15.0 Å². The second-order valence-electron chi connectivity index (χ2n) is 4.74. The van der Waals surface area contributed by atoms with Gasteiger partial charge in [-0.05, 0) is 72.9 Å². The lowest BCUT2D eigenvalue weighted by Crippen LogP contribution is -2.02.